The summed E-state index contributed by atoms with van der Waals surface area (Å²) < 4.78 is 27.5. The minimum Gasteiger partial charge on any atom is -0.315 e. The Balaban J connectivity index is 2.66. The largest absolute Gasteiger partial charge is 0.315 e. The van der Waals surface area contributed by atoms with Gasteiger partial charge >= 0.3 is 0 Å². The predicted octanol–water partition coefficient (Wildman–Crippen LogP) is 2.04. The first kappa shape index (κ1) is 15.6. The van der Waals surface area contributed by atoms with Crippen LogP contribution in [0.2, 0.25) is 0 Å². The second-order valence-corrected chi connectivity index (χ2v) is 6.60. The highest BCUT2D eigenvalue weighted by Crippen LogP contribution is 2.22. The summed E-state index contributed by atoms with van der Waals surface area (Å²) in [6.45, 7) is 5.79. The lowest BCUT2D eigenvalue weighted by Gasteiger charge is -2.10. The van der Waals surface area contributed by atoms with E-state index in [9.17, 15) is 8.42 Å². The third-order valence-corrected chi connectivity index (χ3v) is 4.99. The van der Waals surface area contributed by atoms with Crippen molar-refractivity contribution in [2.24, 2.45) is 0 Å². The van der Waals surface area contributed by atoms with Crippen molar-refractivity contribution in [2.45, 2.75) is 25.2 Å². The van der Waals surface area contributed by atoms with E-state index in [-0.39, 0.29) is 0 Å². The van der Waals surface area contributed by atoms with Crippen molar-refractivity contribution in [2.75, 3.05) is 19.6 Å². The van der Waals surface area contributed by atoms with Crippen molar-refractivity contribution in [3.8, 4) is 0 Å². The molecule has 0 fully saturated rings. The van der Waals surface area contributed by atoms with Crippen LogP contribution in [0.15, 0.2) is 27.6 Å². The molecule has 0 unspecified atom stereocenters. The van der Waals surface area contributed by atoms with E-state index in [1.807, 2.05) is 6.07 Å². The maximum absolute atomic E-state index is 12.1. The van der Waals surface area contributed by atoms with Gasteiger partial charge in [-0.05, 0) is 37.6 Å². The van der Waals surface area contributed by atoms with Gasteiger partial charge < -0.3 is 5.32 Å². The first-order valence-corrected chi connectivity index (χ1v) is 8.22. The van der Waals surface area contributed by atoms with E-state index in [1.165, 1.54) is 0 Å². The molecule has 1 aromatic carbocycles. The molecule has 0 saturated heterocycles. The van der Waals surface area contributed by atoms with E-state index in [2.05, 4.69) is 32.9 Å². The van der Waals surface area contributed by atoms with Crippen molar-refractivity contribution in [1.82, 2.24) is 10.0 Å². The fourth-order valence-corrected chi connectivity index (χ4v) is 3.33. The lowest BCUT2D eigenvalue weighted by atomic mass is 10.2. The van der Waals surface area contributed by atoms with Crippen LogP contribution < -0.4 is 10.0 Å². The molecule has 0 aliphatic carbocycles. The fourth-order valence-electron chi connectivity index (χ4n) is 1.53. The molecule has 6 heteroatoms. The predicted molar refractivity (Wildman–Crippen MR) is 77.2 cm³/mol. The summed E-state index contributed by atoms with van der Waals surface area (Å²) >= 11 is 3.34. The average molecular weight is 335 g/mol. The van der Waals surface area contributed by atoms with Gasteiger partial charge in [0.15, 0.2) is 0 Å². The molecule has 2 N–H and O–H groups in total. The first-order valence-electron chi connectivity index (χ1n) is 5.94. The fraction of sp³-hybridized carbons (Fsp3) is 0.500. The molecule has 0 heterocycles. The van der Waals surface area contributed by atoms with Crippen LogP contribution in [-0.4, -0.2) is 28.1 Å². The van der Waals surface area contributed by atoms with Crippen LogP contribution in [0.3, 0.4) is 0 Å². The molecule has 102 valence electrons. The molecular weight excluding hydrogens is 316 g/mol. The number of hydrogen-bond acceptors (Lipinski definition) is 3. The van der Waals surface area contributed by atoms with Crippen molar-refractivity contribution >= 4 is 26.0 Å². The van der Waals surface area contributed by atoms with Gasteiger partial charge in [-0.3, -0.25) is 0 Å². The van der Waals surface area contributed by atoms with Crippen molar-refractivity contribution in [3.63, 3.8) is 0 Å². The molecule has 0 aliphatic rings. The van der Waals surface area contributed by atoms with E-state index in [4.69, 9.17) is 0 Å². The Morgan fingerprint density at radius 2 is 1.94 bits per heavy atom. The zero-order valence-corrected chi connectivity index (χ0v) is 13.1. The van der Waals surface area contributed by atoms with E-state index >= 15 is 0 Å². The van der Waals surface area contributed by atoms with Crippen LogP contribution in [0, 0.1) is 6.92 Å². The summed E-state index contributed by atoms with van der Waals surface area (Å²) in [5.41, 5.74) is 0.728. The molecule has 1 rings (SSSR count). The van der Waals surface area contributed by atoms with Gasteiger partial charge in [-0.1, -0.05) is 28.9 Å². The van der Waals surface area contributed by atoms with Crippen LogP contribution in [-0.2, 0) is 10.0 Å². The molecule has 0 aromatic heterocycles. The lowest BCUT2D eigenvalue weighted by molar-refractivity contribution is 0.575. The smallest absolute Gasteiger partial charge is 0.240 e. The standard InChI is InChI=1S/C12H19BrN2O2S/c1-3-7-14-8-9-15-18(16,17)12-6-4-5-11(13)10(12)2/h4-6,14-15H,3,7-9H2,1-2H3. The van der Waals surface area contributed by atoms with Gasteiger partial charge in [-0.2, -0.15) is 0 Å². The molecule has 18 heavy (non-hydrogen) atoms. The number of sulfonamides is 1. The Morgan fingerprint density at radius 1 is 1.22 bits per heavy atom. The molecule has 0 atom stereocenters. The Morgan fingerprint density at radius 3 is 2.61 bits per heavy atom. The molecule has 0 radical (unpaired) electrons. The maximum Gasteiger partial charge on any atom is 0.240 e. The van der Waals surface area contributed by atoms with Crippen molar-refractivity contribution < 1.29 is 8.42 Å². The molecule has 0 amide bonds. The first-order chi connectivity index (χ1) is 8.49. The van der Waals surface area contributed by atoms with Gasteiger partial charge in [0, 0.05) is 17.6 Å². The van der Waals surface area contributed by atoms with Crippen LogP contribution in [0.4, 0.5) is 0 Å². The minimum absolute atomic E-state index is 0.326. The number of halogens is 1. The Kier molecular flexibility index (Phi) is 6.28. The topological polar surface area (TPSA) is 58.2 Å². The monoisotopic (exact) mass is 334 g/mol. The van der Waals surface area contributed by atoms with Crippen molar-refractivity contribution in [1.29, 1.82) is 0 Å². The van der Waals surface area contributed by atoms with Gasteiger partial charge in [-0.25, -0.2) is 13.1 Å². The van der Waals surface area contributed by atoms with Crippen LogP contribution in [0.25, 0.3) is 0 Å². The van der Waals surface area contributed by atoms with Crippen LogP contribution in [0.5, 0.6) is 0 Å². The Labute approximate surface area is 117 Å². The maximum atomic E-state index is 12.1. The molecule has 0 spiro atoms. The zero-order valence-electron chi connectivity index (χ0n) is 10.7. The highest BCUT2D eigenvalue weighted by Gasteiger charge is 2.16. The molecule has 4 nitrogen and oxygen atoms in total. The third-order valence-electron chi connectivity index (χ3n) is 2.53. The number of benzene rings is 1. The van der Waals surface area contributed by atoms with Crippen LogP contribution >= 0.6 is 15.9 Å². The molecule has 0 aliphatic heterocycles. The summed E-state index contributed by atoms with van der Waals surface area (Å²) in [6.07, 6.45) is 1.04. The van der Waals surface area contributed by atoms with Crippen molar-refractivity contribution in [3.05, 3.63) is 28.2 Å². The highest BCUT2D eigenvalue weighted by molar-refractivity contribution is 9.10. The van der Waals surface area contributed by atoms with Gasteiger partial charge in [0.2, 0.25) is 10.0 Å². The average Bonchev–Trinajstić information content (AvgIpc) is 2.32. The summed E-state index contributed by atoms with van der Waals surface area (Å²) in [4.78, 5) is 0.326. The SMILES string of the molecule is CCCNCCNS(=O)(=O)c1cccc(Br)c1C. The summed E-state index contributed by atoms with van der Waals surface area (Å²) in [7, 11) is -3.42. The van der Waals surface area contributed by atoms with E-state index in [0.29, 0.717) is 18.0 Å². The lowest BCUT2D eigenvalue weighted by Crippen LogP contribution is -2.32. The van der Waals surface area contributed by atoms with Gasteiger partial charge in [-0.15, -0.1) is 0 Å². The Bertz CT molecular complexity index is 489. The van der Waals surface area contributed by atoms with E-state index in [1.54, 1.807) is 19.1 Å². The number of hydrogen-bond donors (Lipinski definition) is 2. The summed E-state index contributed by atoms with van der Waals surface area (Å²) in [5.74, 6) is 0. The second kappa shape index (κ2) is 7.23. The summed E-state index contributed by atoms with van der Waals surface area (Å²) in [5, 5.41) is 3.15. The summed E-state index contributed by atoms with van der Waals surface area (Å²) in [6, 6.07) is 5.17. The van der Waals surface area contributed by atoms with E-state index in [0.717, 1.165) is 23.0 Å². The molecular formula is C12H19BrN2O2S. The normalized spacial score (nSPS) is 11.7. The Hall–Kier alpha value is -0.430. The third kappa shape index (κ3) is 4.35. The van der Waals surface area contributed by atoms with E-state index < -0.39 is 10.0 Å². The second-order valence-electron chi connectivity index (χ2n) is 4.01. The van der Waals surface area contributed by atoms with Crippen LogP contribution in [0.1, 0.15) is 18.9 Å². The van der Waals surface area contributed by atoms with Gasteiger partial charge in [0.1, 0.15) is 0 Å². The highest BCUT2D eigenvalue weighted by atomic mass is 79.9. The zero-order chi connectivity index (χ0) is 13.6. The quantitative estimate of drug-likeness (QED) is 0.750. The molecule has 0 saturated carbocycles. The molecule has 1 aromatic rings. The number of rotatable bonds is 7. The molecule has 0 bridgehead atoms. The minimum atomic E-state index is -3.42. The van der Waals surface area contributed by atoms with Gasteiger partial charge in [0.05, 0.1) is 4.90 Å². The number of nitrogens with one attached hydrogen (secondary N) is 2. The van der Waals surface area contributed by atoms with Gasteiger partial charge in [0.25, 0.3) is 0 Å².